The van der Waals surface area contributed by atoms with Crippen LogP contribution < -0.4 is 10.2 Å². The van der Waals surface area contributed by atoms with Gasteiger partial charge in [-0.15, -0.1) is 0 Å². The molecule has 3 aromatic carbocycles. The molecule has 0 unspecified atom stereocenters. The summed E-state index contributed by atoms with van der Waals surface area (Å²) < 4.78 is 5.27. The lowest BCUT2D eigenvalue weighted by Crippen LogP contribution is -2.51. The van der Waals surface area contributed by atoms with Gasteiger partial charge in [-0.05, 0) is 30.4 Å². The maximum Gasteiger partial charge on any atom is 0.408 e. The molecular weight excluding hydrogens is 416 g/mol. The number of nitrogens with zero attached hydrogens (tertiary/aromatic N) is 1. The number of hydrogen-bond donors (Lipinski definition) is 1. The first kappa shape index (κ1) is 24.0. The van der Waals surface area contributed by atoms with E-state index in [1.807, 2.05) is 79.7 Å². The largest absolute Gasteiger partial charge is 0.445 e. The molecule has 0 aliphatic carbocycles. The quantitative estimate of drug-likeness (QED) is 0.432. The molecular formula is C27H30N2O4. The van der Waals surface area contributed by atoms with Crippen LogP contribution in [0.4, 0.5) is 10.5 Å². The van der Waals surface area contributed by atoms with E-state index in [0.717, 1.165) is 35.5 Å². The summed E-state index contributed by atoms with van der Waals surface area (Å²) in [7, 11) is 0. The number of ether oxygens (including phenoxy) is 1. The molecule has 3 rings (SSSR count). The predicted molar refractivity (Wildman–Crippen MR) is 130 cm³/mol. The summed E-state index contributed by atoms with van der Waals surface area (Å²) in [4.78, 5) is 39.5. The van der Waals surface area contributed by atoms with Crippen LogP contribution in [0.3, 0.4) is 0 Å². The van der Waals surface area contributed by atoms with Gasteiger partial charge in [-0.3, -0.25) is 9.69 Å². The summed E-state index contributed by atoms with van der Waals surface area (Å²) >= 11 is 0. The number of hydrogen-bond acceptors (Lipinski definition) is 4. The van der Waals surface area contributed by atoms with Crippen molar-refractivity contribution in [2.24, 2.45) is 0 Å². The summed E-state index contributed by atoms with van der Waals surface area (Å²) in [6, 6.07) is 21.2. The van der Waals surface area contributed by atoms with Gasteiger partial charge in [-0.25, -0.2) is 4.79 Å². The Hall–Kier alpha value is -3.67. The van der Waals surface area contributed by atoms with Crippen molar-refractivity contribution >= 4 is 34.7 Å². The van der Waals surface area contributed by atoms with Crippen LogP contribution in [0.1, 0.15) is 38.7 Å². The third kappa shape index (κ3) is 6.19. The van der Waals surface area contributed by atoms with Gasteiger partial charge >= 0.3 is 6.09 Å². The molecule has 0 radical (unpaired) electrons. The molecule has 0 saturated heterocycles. The summed E-state index contributed by atoms with van der Waals surface area (Å²) in [5.41, 5.74) is 1.50. The topological polar surface area (TPSA) is 75.7 Å². The van der Waals surface area contributed by atoms with E-state index in [0.29, 0.717) is 12.1 Å². The number of rotatable bonds is 10. The monoisotopic (exact) mass is 446 g/mol. The van der Waals surface area contributed by atoms with Crippen molar-refractivity contribution in [2.75, 3.05) is 4.90 Å². The van der Waals surface area contributed by atoms with E-state index in [1.165, 1.54) is 4.90 Å². The van der Waals surface area contributed by atoms with Gasteiger partial charge in [0.25, 0.3) is 0 Å². The fourth-order valence-corrected chi connectivity index (χ4v) is 3.76. The van der Waals surface area contributed by atoms with Crippen molar-refractivity contribution in [2.45, 2.75) is 51.8 Å². The van der Waals surface area contributed by atoms with Crippen LogP contribution in [0.5, 0.6) is 0 Å². The Balaban J connectivity index is 1.82. The van der Waals surface area contributed by atoms with Crippen LogP contribution in [-0.4, -0.2) is 30.4 Å². The van der Waals surface area contributed by atoms with Crippen LogP contribution >= 0.6 is 0 Å². The minimum atomic E-state index is -0.878. The zero-order chi connectivity index (χ0) is 23.6. The molecule has 2 atom stereocenters. The van der Waals surface area contributed by atoms with Crippen molar-refractivity contribution in [3.63, 3.8) is 0 Å². The first-order chi connectivity index (χ1) is 16.0. The lowest BCUT2D eigenvalue weighted by Gasteiger charge is -2.32. The van der Waals surface area contributed by atoms with Gasteiger partial charge < -0.3 is 14.8 Å². The Kier molecular flexibility index (Phi) is 8.58. The highest BCUT2D eigenvalue weighted by Crippen LogP contribution is 2.29. The standard InChI is InChI=1S/C27H30N2O4/c1-3-4-15-23(18-30)29(25-17-10-14-22-13-8-9-16-24(22)25)26(31)20(2)28-27(32)33-19-21-11-6-5-7-12-21/h5-14,16-18,20,23H,3-4,15,19H2,1-2H3,(H,28,32)/t20-,23-/m0/s1. The van der Waals surface area contributed by atoms with Crippen LogP contribution in [0.25, 0.3) is 10.8 Å². The molecule has 2 amide bonds. The lowest BCUT2D eigenvalue weighted by atomic mass is 10.0. The van der Waals surface area contributed by atoms with Gasteiger partial charge in [0.05, 0.1) is 11.7 Å². The number of fused-ring (bicyclic) bond motifs is 1. The molecule has 33 heavy (non-hydrogen) atoms. The summed E-state index contributed by atoms with van der Waals surface area (Å²) in [6.07, 6.45) is 2.38. The number of unbranched alkanes of at least 4 members (excludes halogenated alkanes) is 1. The molecule has 0 spiro atoms. The second-order valence-corrected chi connectivity index (χ2v) is 7.98. The average molecular weight is 447 g/mol. The minimum absolute atomic E-state index is 0.105. The Morgan fingerprint density at radius 1 is 1.00 bits per heavy atom. The third-order valence-corrected chi connectivity index (χ3v) is 5.52. The second kappa shape index (κ2) is 11.8. The predicted octanol–water partition coefficient (Wildman–Crippen LogP) is 5.25. The minimum Gasteiger partial charge on any atom is -0.445 e. The normalized spacial score (nSPS) is 12.5. The van der Waals surface area contributed by atoms with E-state index in [2.05, 4.69) is 5.32 Å². The second-order valence-electron chi connectivity index (χ2n) is 7.98. The maximum atomic E-state index is 13.6. The number of aldehydes is 1. The van der Waals surface area contributed by atoms with E-state index < -0.39 is 18.2 Å². The molecule has 0 aliphatic heterocycles. The van der Waals surface area contributed by atoms with Gasteiger partial charge in [-0.1, -0.05) is 86.5 Å². The third-order valence-electron chi connectivity index (χ3n) is 5.52. The van der Waals surface area contributed by atoms with Gasteiger partial charge in [0, 0.05) is 5.39 Å². The van der Waals surface area contributed by atoms with Crippen molar-refractivity contribution < 1.29 is 19.1 Å². The van der Waals surface area contributed by atoms with E-state index in [-0.39, 0.29) is 12.5 Å². The molecule has 0 aromatic heterocycles. The number of nitrogens with one attached hydrogen (secondary N) is 1. The summed E-state index contributed by atoms with van der Waals surface area (Å²) in [5.74, 6) is -0.365. The molecule has 0 heterocycles. The van der Waals surface area contributed by atoms with E-state index in [4.69, 9.17) is 4.74 Å². The number of benzene rings is 3. The highest BCUT2D eigenvalue weighted by molar-refractivity contribution is 6.08. The summed E-state index contributed by atoms with van der Waals surface area (Å²) in [5, 5.41) is 4.45. The fraction of sp³-hybridized carbons (Fsp3) is 0.296. The average Bonchev–Trinajstić information content (AvgIpc) is 2.85. The molecule has 0 aliphatic rings. The zero-order valence-electron chi connectivity index (χ0n) is 19.1. The van der Waals surface area contributed by atoms with Crippen molar-refractivity contribution in [1.29, 1.82) is 0 Å². The zero-order valence-corrected chi connectivity index (χ0v) is 19.1. The molecule has 0 fully saturated rings. The Bertz CT molecular complexity index is 1080. The van der Waals surface area contributed by atoms with Crippen molar-refractivity contribution in [1.82, 2.24) is 5.32 Å². The first-order valence-electron chi connectivity index (χ1n) is 11.3. The lowest BCUT2D eigenvalue weighted by molar-refractivity contribution is -0.122. The van der Waals surface area contributed by atoms with Gasteiger partial charge in [0.2, 0.25) is 5.91 Å². The van der Waals surface area contributed by atoms with Crippen molar-refractivity contribution in [3.05, 3.63) is 78.4 Å². The Morgan fingerprint density at radius 3 is 2.42 bits per heavy atom. The number of carbonyl (C=O) groups excluding carboxylic acids is 3. The molecule has 6 heteroatoms. The Labute approximate surface area is 194 Å². The van der Waals surface area contributed by atoms with Crippen LogP contribution in [0.2, 0.25) is 0 Å². The summed E-state index contributed by atoms with van der Waals surface area (Å²) in [6.45, 7) is 3.75. The highest BCUT2D eigenvalue weighted by Gasteiger charge is 2.30. The van der Waals surface area contributed by atoms with Crippen molar-refractivity contribution in [3.8, 4) is 0 Å². The number of carbonyl (C=O) groups is 3. The SMILES string of the molecule is CCCC[C@@H](C=O)N(C(=O)[C@H](C)NC(=O)OCc1ccccc1)c1cccc2ccccc12. The molecule has 172 valence electrons. The van der Waals surface area contributed by atoms with Gasteiger partial charge in [0.1, 0.15) is 18.9 Å². The molecule has 0 bridgehead atoms. The van der Waals surface area contributed by atoms with Crippen LogP contribution in [0.15, 0.2) is 72.8 Å². The van der Waals surface area contributed by atoms with Crippen LogP contribution in [-0.2, 0) is 20.9 Å². The molecule has 6 nitrogen and oxygen atoms in total. The smallest absolute Gasteiger partial charge is 0.408 e. The van der Waals surface area contributed by atoms with Gasteiger partial charge in [-0.2, -0.15) is 0 Å². The Morgan fingerprint density at radius 2 is 1.70 bits per heavy atom. The molecule has 1 N–H and O–H groups in total. The number of alkyl carbamates (subject to hydrolysis) is 1. The number of amides is 2. The van der Waals surface area contributed by atoms with Gasteiger partial charge in [0.15, 0.2) is 0 Å². The van der Waals surface area contributed by atoms with E-state index >= 15 is 0 Å². The molecule has 0 saturated carbocycles. The number of anilines is 1. The fourth-order valence-electron chi connectivity index (χ4n) is 3.76. The van der Waals surface area contributed by atoms with Crippen LogP contribution in [0, 0.1) is 0 Å². The highest BCUT2D eigenvalue weighted by atomic mass is 16.5. The van der Waals surface area contributed by atoms with E-state index in [9.17, 15) is 14.4 Å². The molecule has 3 aromatic rings. The van der Waals surface area contributed by atoms with E-state index in [1.54, 1.807) is 6.92 Å². The maximum absolute atomic E-state index is 13.6. The first-order valence-corrected chi connectivity index (χ1v) is 11.3.